The van der Waals surface area contributed by atoms with E-state index >= 15 is 0 Å². The predicted molar refractivity (Wildman–Crippen MR) is 95.1 cm³/mol. The summed E-state index contributed by atoms with van der Waals surface area (Å²) in [4.78, 5) is 24.3. The molecule has 0 aliphatic heterocycles. The highest BCUT2D eigenvalue weighted by molar-refractivity contribution is 5.98. The molecule has 0 radical (unpaired) electrons. The lowest BCUT2D eigenvalue weighted by atomic mass is 9.98. The largest absolute Gasteiger partial charge is 0.460 e. The fourth-order valence-corrected chi connectivity index (χ4v) is 3.14. The first-order valence-electron chi connectivity index (χ1n) is 8.75. The van der Waals surface area contributed by atoms with Crippen molar-refractivity contribution in [1.82, 2.24) is 0 Å². The van der Waals surface area contributed by atoms with Crippen LogP contribution in [0.2, 0.25) is 0 Å². The highest BCUT2D eigenvalue weighted by atomic mass is 16.6. The van der Waals surface area contributed by atoms with E-state index in [4.69, 9.17) is 9.47 Å². The third-order valence-electron chi connectivity index (χ3n) is 4.40. The van der Waals surface area contributed by atoms with E-state index in [0.717, 1.165) is 36.8 Å². The molecule has 0 bridgehead atoms. The van der Waals surface area contributed by atoms with E-state index in [1.54, 1.807) is 12.1 Å². The molecule has 0 heterocycles. The number of hydrogen-bond acceptors (Lipinski definition) is 4. The number of carbonyl (C=O) groups is 2. The van der Waals surface area contributed by atoms with Gasteiger partial charge in [-0.1, -0.05) is 55.0 Å². The fraction of sp³-hybridized carbons (Fsp3) is 0.333. The van der Waals surface area contributed by atoms with Gasteiger partial charge in [0, 0.05) is 0 Å². The lowest BCUT2D eigenvalue weighted by molar-refractivity contribution is -0.154. The Morgan fingerprint density at radius 1 is 0.880 bits per heavy atom. The smallest absolute Gasteiger partial charge is 0.344 e. The van der Waals surface area contributed by atoms with Crippen molar-refractivity contribution in [3.63, 3.8) is 0 Å². The summed E-state index contributed by atoms with van der Waals surface area (Å²) in [7, 11) is 0. The molecule has 130 valence electrons. The Labute approximate surface area is 147 Å². The summed E-state index contributed by atoms with van der Waals surface area (Å²) in [6, 6.07) is 16.8. The second-order valence-electron chi connectivity index (χ2n) is 6.24. The van der Waals surface area contributed by atoms with Crippen LogP contribution in [0.25, 0.3) is 11.1 Å². The minimum atomic E-state index is -0.514. The van der Waals surface area contributed by atoms with E-state index in [1.807, 2.05) is 42.5 Å². The van der Waals surface area contributed by atoms with Crippen LogP contribution < -0.4 is 0 Å². The molecule has 1 fully saturated rings. The summed E-state index contributed by atoms with van der Waals surface area (Å²) >= 11 is 0. The Hall–Kier alpha value is -2.62. The molecule has 3 rings (SSSR count). The number of ether oxygens (including phenoxy) is 2. The number of rotatable bonds is 5. The van der Waals surface area contributed by atoms with E-state index < -0.39 is 11.9 Å². The molecule has 0 aromatic heterocycles. The molecule has 0 amide bonds. The predicted octanol–water partition coefficient (Wildman–Crippen LogP) is 4.39. The molecular weight excluding hydrogens is 316 g/mol. The van der Waals surface area contributed by atoms with Gasteiger partial charge in [-0.25, -0.2) is 9.59 Å². The zero-order valence-corrected chi connectivity index (χ0v) is 14.1. The maximum Gasteiger partial charge on any atom is 0.344 e. The first-order chi connectivity index (χ1) is 12.2. The van der Waals surface area contributed by atoms with Gasteiger partial charge in [0.25, 0.3) is 0 Å². The topological polar surface area (TPSA) is 52.6 Å². The lowest BCUT2D eigenvalue weighted by Crippen LogP contribution is -2.24. The highest BCUT2D eigenvalue weighted by Gasteiger charge is 2.20. The Morgan fingerprint density at radius 2 is 1.56 bits per heavy atom. The molecule has 2 aromatic carbocycles. The Kier molecular flexibility index (Phi) is 5.83. The van der Waals surface area contributed by atoms with Gasteiger partial charge in [0.05, 0.1) is 5.56 Å². The molecule has 0 spiro atoms. The third-order valence-corrected chi connectivity index (χ3v) is 4.40. The van der Waals surface area contributed by atoms with Crippen LogP contribution in [0.3, 0.4) is 0 Å². The summed E-state index contributed by atoms with van der Waals surface area (Å²) in [5.41, 5.74) is 2.16. The molecule has 4 heteroatoms. The van der Waals surface area contributed by atoms with Gasteiger partial charge in [0.1, 0.15) is 6.10 Å². The van der Waals surface area contributed by atoms with Crippen molar-refractivity contribution in [3.05, 3.63) is 60.2 Å². The van der Waals surface area contributed by atoms with Gasteiger partial charge in [-0.3, -0.25) is 0 Å². The first-order valence-corrected chi connectivity index (χ1v) is 8.75. The van der Waals surface area contributed by atoms with E-state index in [-0.39, 0.29) is 12.7 Å². The van der Waals surface area contributed by atoms with Crippen molar-refractivity contribution in [2.45, 2.75) is 38.2 Å². The summed E-state index contributed by atoms with van der Waals surface area (Å²) in [5, 5.41) is 0. The number of esters is 2. The second kappa shape index (κ2) is 8.47. The second-order valence-corrected chi connectivity index (χ2v) is 6.24. The van der Waals surface area contributed by atoms with Crippen molar-refractivity contribution in [2.24, 2.45) is 0 Å². The zero-order valence-electron chi connectivity index (χ0n) is 14.1. The zero-order chi connectivity index (χ0) is 17.5. The van der Waals surface area contributed by atoms with Crippen LogP contribution in [-0.4, -0.2) is 24.6 Å². The number of carbonyl (C=O) groups excluding carboxylic acids is 2. The minimum absolute atomic E-state index is 0.0310. The van der Waals surface area contributed by atoms with E-state index in [2.05, 4.69) is 0 Å². The average Bonchev–Trinajstić information content (AvgIpc) is 2.67. The van der Waals surface area contributed by atoms with Gasteiger partial charge in [0.15, 0.2) is 6.61 Å². The Balaban J connectivity index is 1.61. The molecule has 4 nitrogen and oxygen atoms in total. The molecule has 1 saturated carbocycles. The monoisotopic (exact) mass is 338 g/mol. The van der Waals surface area contributed by atoms with Crippen LogP contribution in [-0.2, 0) is 14.3 Å². The molecule has 25 heavy (non-hydrogen) atoms. The van der Waals surface area contributed by atoms with Crippen molar-refractivity contribution in [3.8, 4) is 11.1 Å². The first kappa shape index (κ1) is 17.2. The van der Waals surface area contributed by atoms with Gasteiger partial charge < -0.3 is 9.47 Å². The van der Waals surface area contributed by atoms with Crippen LogP contribution in [0, 0.1) is 0 Å². The van der Waals surface area contributed by atoms with Crippen LogP contribution >= 0.6 is 0 Å². The van der Waals surface area contributed by atoms with Gasteiger partial charge >= 0.3 is 11.9 Å². The Bertz CT molecular complexity index is 718. The van der Waals surface area contributed by atoms with Gasteiger partial charge in [0.2, 0.25) is 0 Å². The SMILES string of the molecule is O=C(COC(=O)c1ccccc1-c1ccccc1)OC1CCCCC1. The highest BCUT2D eigenvalue weighted by Crippen LogP contribution is 2.24. The van der Waals surface area contributed by atoms with Gasteiger partial charge in [-0.05, 0) is 42.9 Å². The van der Waals surface area contributed by atoms with Crippen LogP contribution in [0.4, 0.5) is 0 Å². The van der Waals surface area contributed by atoms with Crippen molar-refractivity contribution >= 4 is 11.9 Å². The van der Waals surface area contributed by atoms with Crippen molar-refractivity contribution < 1.29 is 19.1 Å². The standard InChI is InChI=1S/C21H22O4/c22-20(25-17-11-5-2-6-12-17)15-24-21(23)19-14-8-7-13-18(19)16-9-3-1-4-10-16/h1,3-4,7-10,13-14,17H,2,5-6,11-12,15H2. The minimum Gasteiger partial charge on any atom is -0.460 e. The summed E-state index contributed by atoms with van der Waals surface area (Å²) in [5.74, 6) is -0.988. The molecule has 0 N–H and O–H groups in total. The van der Waals surface area contributed by atoms with E-state index in [9.17, 15) is 9.59 Å². The third kappa shape index (κ3) is 4.69. The average molecular weight is 338 g/mol. The quantitative estimate of drug-likeness (QED) is 0.759. The van der Waals surface area contributed by atoms with E-state index in [1.165, 1.54) is 6.42 Å². The van der Waals surface area contributed by atoms with Crippen molar-refractivity contribution in [1.29, 1.82) is 0 Å². The van der Waals surface area contributed by atoms with Gasteiger partial charge in [-0.15, -0.1) is 0 Å². The molecule has 0 atom stereocenters. The summed E-state index contributed by atoms with van der Waals surface area (Å²) in [6.07, 6.45) is 5.13. The van der Waals surface area contributed by atoms with Gasteiger partial charge in [-0.2, -0.15) is 0 Å². The number of hydrogen-bond donors (Lipinski definition) is 0. The maximum atomic E-state index is 12.4. The molecule has 1 aliphatic rings. The molecule has 0 unspecified atom stereocenters. The molecule has 1 aliphatic carbocycles. The summed E-state index contributed by atoms with van der Waals surface area (Å²) in [6.45, 7) is -0.349. The molecular formula is C21H22O4. The van der Waals surface area contributed by atoms with Crippen LogP contribution in [0.1, 0.15) is 42.5 Å². The number of benzene rings is 2. The van der Waals surface area contributed by atoms with E-state index in [0.29, 0.717) is 5.56 Å². The Morgan fingerprint density at radius 3 is 2.32 bits per heavy atom. The summed E-state index contributed by atoms with van der Waals surface area (Å²) < 4.78 is 10.6. The maximum absolute atomic E-state index is 12.4. The van der Waals surface area contributed by atoms with Crippen LogP contribution in [0.5, 0.6) is 0 Å². The normalized spacial score (nSPS) is 14.7. The fourth-order valence-electron chi connectivity index (χ4n) is 3.14. The van der Waals surface area contributed by atoms with Crippen LogP contribution in [0.15, 0.2) is 54.6 Å². The van der Waals surface area contributed by atoms with Crippen molar-refractivity contribution in [2.75, 3.05) is 6.61 Å². The lowest BCUT2D eigenvalue weighted by Gasteiger charge is -2.21. The molecule has 0 saturated heterocycles. The molecule has 2 aromatic rings.